The third-order valence-electron chi connectivity index (χ3n) is 3.61. The summed E-state index contributed by atoms with van der Waals surface area (Å²) in [7, 11) is 0. The molecule has 1 unspecified atom stereocenters. The lowest BCUT2D eigenvalue weighted by Gasteiger charge is -2.29. The van der Waals surface area contributed by atoms with E-state index >= 15 is 0 Å². The molecule has 3 aliphatic carbocycles. The van der Waals surface area contributed by atoms with Gasteiger partial charge >= 0.3 is 5.97 Å². The number of carboxylic acid groups (broad SMARTS) is 1. The zero-order chi connectivity index (χ0) is 8.55. The van der Waals surface area contributed by atoms with E-state index < -0.39 is 5.97 Å². The fourth-order valence-electron chi connectivity index (χ4n) is 2.90. The van der Waals surface area contributed by atoms with E-state index in [1.807, 2.05) is 0 Å². The SMILES string of the molecule is O=C(O)C1C[C@H]2CCC[C@@H]1CC2. The Bertz CT molecular complexity index is 184. The average Bonchev–Trinajstić information content (AvgIpc) is 2.36. The van der Waals surface area contributed by atoms with Crippen LogP contribution in [0.2, 0.25) is 0 Å². The molecule has 0 aromatic heterocycles. The Hall–Kier alpha value is -0.530. The van der Waals surface area contributed by atoms with Gasteiger partial charge in [0.2, 0.25) is 0 Å². The Morgan fingerprint density at radius 2 is 2.00 bits per heavy atom. The largest absolute Gasteiger partial charge is 0.481 e. The summed E-state index contributed by atoms with van der Waals surface area (Å²) >= 11 is 0. The van der Waals surface area contributed by atoms with E-state index in [2.05, 4.69) is 0 Å². The predicted molar refractivity (Wildman–Crippen MR) is 45.8 cm³/mol. The number of aliphatic carboxylic acids is 1. The molecule has 0 amide bonds. The minimum atomic E-state index is -0.549. The van der Waals surface area contributed by atoms with Crippen molar-refractivity contribution in [3.63, 3.8) is 0 Å². The summed E-state index contributed by atoms with van der Waals surface area (Å²) in [6.07, 6.45) is 7.11. The predicted octanol–water partition coefficient (Wildman–Crippen LogP) is 2.29. The van der Waals surface area contributed by atoms with Gasteiger partial charge in [-0.05, 0) is 31.1 Å². The highest BCUT2D eigenvalue weighted by atomic mass is 16.4. The monoisotopic (exact) mass is 168 g/mol. The molecule has 0 spiro atoms. The normalized spacial score (nSPS) is 40.8. The van der Waals surface area contributed by atoms with E-state index in [0.29, 0.717) is 5.92 Å². The van der Waals surface area contributed by atoms with Gasteiger partial charge in [0.15, 0.2) is 0 Å². The highest BCUT2D eigenvalue weighted by molar-refractivity contribution is 5.70. The molecule has 0 saturated heterocycles. The molecule has 3 atom stereocenters. The number of carboxylic acids is 1. The maximum Gasteiger partial charge on any atom is 0.306 e. The first-order valence-corrected chi connectivity index (χ1v) is 5.00. The molecule has 2 nitrogen and oxygen atoms in total. The van der Waals surface area contributed by atoms with Crippen molar-refractivity contribution in [2.45, 2.75) is 38.5 Å². The van der Waals surface area contributed by atoms with Crippen molar-refractivity contribution in [2.75, 3.05) is 0 Å². The van der Waals surface area contributed by atoms with Crippen LogP contribution in [0.15, 0.2) is 0 Å². The van der Waals surface area contributed by atoms with Gasteiger partial charge in [0, 0.05) is 0 Å². The molecule has 0 aromatic carbocycles. The number of carbonyl (C=O) groups is 1. The van der Waals surface area contributed by atoms with Crippen LogP contribution in [-0.2, 0) is 4.79 Å². The molecule has 3 saturated carbocycles. The number of hydrogen-bond donors (Lipinski definition) is 1. The third-order valence-corrected chi connectivity index (χ3v) is 3.61. The zero-order valence-corrected chi connectivity index (χ0v) is 7.33. The van der Waals surface area contributed by atoms with Gasteiger partial charge in [-0.1, -0.05) is 19.3 Å². The second-order valence-corrected chi connectivity index (χ2v) is 4.31. The van der Waals surface area contributed by atoms with Gasteiger partial charge in [-0.3, -0.25) is 4.79 Å². The maximum atomic E-state index is 10.9. The molecule has 3 fully saturated rings. The van der Waals surface area contributed by atoms with E-state index in [9.17, 15) is 4.79 Å². The van der Waals surface area contributed by atoms with Crippen LogP contribution in [-0.4, -0.2) is 11.1 Å². The van der Waals surface area contributed by atoms with Gasteiger partial charge in [-0.2, -0.15) is 0 Å². The van der Waals surface area contributed by atoms with E-state index in [0.717, 1.165) is 18.8 Å². The summed E-state index contributed by atoms with van der Waals surface area (Å²) in [4.78, 5) is 10.9. The van der Waals surface area contributed by atoms with E-state index in [1.54, 1.807) is 0 Å². The molecule has 0 radical (unpaired) electrons. The Morgan fingerprint density at radius 1 is 1.17 bits per heavy atom. The quantitative estimate of drug-likeness (QED) is 0.652. The van der Waals surface area contributed by atoms with Crippen molar-refractivity contribution < 1.29 is 9.90 Å². The summed E-state index contributed by atoms with van der Waals surface area (Å²) in [6, 6.07) is 0. The second kappa shape index (κ2) is 3.08. The van der Waals surface area contributed by atoms with Gasteiger partial charge in [-0.15, -0.1) is 0 Å². The second-order valence-electron chi connectivity index (χ2n) is 4.31. The van der Waals surface area contributed by atoms with Crippen LogP contribution < -0.4 is 0 Å². The molecule has 2 bridgehead atoms. The van der Waals surface area contributed by atoms with Crippen LogP contribution in [0.25, 0.3) is 0 Å². The first kappa shape index (κ1) is 8.09. The summed E-state index contributed by atoms with van der Waals surface area (Å²) in [5, 5.41) is 8.99. The standard InChI is InChI=1S/C10H16O2/c11-10(12)9-6-7-2-1-3-8(9)5-4-7/h7-9H,1-6H2,(H,11,12)/t7-,8+,9?/m0/s1. The highest BCUT2D eigenvalue weighted by Crippen LogP contribution is 2.42. The molecule has 1 N–H and O–H groups in total. The van der Waals surface area contributed by atoms with Gasteiger partial charge < -0.3 is 5.11 Å². The first-order valence-electron chi connectivity index (χ1n) is 5.00. The van der Waals surface area contributed by atoms with Crippen molar-refractivity contribution in [1.29, 1.82) is 0 Å². The molecule has 0 aromatic rings. The number of fused-ring (bicyclic) bond motifs is 4. The van der Waals surface area contributed by atoms with E-state index in [1.165, 1.54) is 25.7 Å². The topological polar surface area (TPSA) is 37.3 Å². The van der Waals surface area contributed by atoms with Crippen molar-refractivity contribution in [3.05, 3.63) is 0 Å². The van der Waals surface area contributed by atoms with Crippen molar-refractivity contribution in [3.8, 4) is 0 Å². The van der Waals surface area contributed by atoms with Crippen molar-refractivity contribution in [2.24, 2.45) is 17.8 Å². The molecule has 2 heteroatoms. The van der Waals surface area contributed by atoms with E-state index in [-0.39, 0.29) is 5.92 Å². The smallest absolute Gasteiger partial charge is 0.306 e. The molecule has 3 rings (SSSR count). The summed E-state index contributed by atoms with van der Waals surface area (Å²) in [5.41, 5.74) is 0. The molecular weight excluding hydrogens is 152 g/mol. The Kier molecular flexibility index (Phi) is 2.07. The lowest BCUT2D eigenvalue weighted by atomic mass is 9.75. The van der Waals surface area contributed by atoms with Crippen LogP contribution in [0.1, 0.15) is 38.5 Å². The van der Waals surface area contributed by atoms with Crippen molar-refractivity contribution in [1.82, 2.24) is 0 Å². The summed E-state index contributed by atoms with van der Waals surface area (Å²) in [5.74, 6) is 0.670. The Morgan fingerprint density at radius 3 is 2.75 bits per heavy atom. The first-order chi connectivity index (χ1) is 5.77. The van der Waals surface area contributed by atoms with Crippen LogP contribution in [0.4, 0.5) is 0 Å². The maximum absolute atomic E-state index is 10.9. The summed E-state index contributed by atoms with van der Waals surface area (Å²) in [6.45, 7) is 0. The Labute approximate surface area is 73.0 Å². The van der Waals surface area contributed by atoms with Crippen LogP contribution in [0.5, 0.6) is 0 Å². The molecule has 3 aliphatic rings. The fourth-order valence-corrected chi connectivity index (χ4v) is 2.90. The lowest BCUT2D eigenvalue weighted by molar-refractivity contribution is -0.145. The van der Waals surface area contributed by atoms with Gasteiger partial charge in [-0.25, -0.2) is 0 Å². The van der Waals surface area contributed by atoms with Gasteiger partial charge in [0.25, 0.3) is 0 Å². The van der Waals surface area contributed by atoms with Crippen molar-refractivity contribution >= 4 is 5.97 Å². The number of hydrogen-bond acceptors (Lipinski definition) is 1. The Balaban J connectivity index is 2.11. The molecule has 12 heavy (non-hydrogen) atoms. The number of rotatable bonds is 1. The molecule has 68 valence electrons. The summed E-state index contributed by atoms with van der Waals surface area (Å²) < 4.78 is 0. The lowest BCUT2D eigenvalue weighted by Crippen LogP contribution is -2.28. The zero-order valence-electron chi connectivity index (χ0n) is 7.33. The van der Waals surface area contributed by atoms with Crippen LogP contribution in [0.3, 0.4) is 0 Å². The highest BCUT2D eigenvalue weighted by Gasteiger charge is 2.36. The minimum Gasteiger partial charge on any atom is -0.481 e. The third kappa shape index (κ3) is 1.35. The van der Waals surface area contributed by atoms with Gasteiger partial charge in [0.05, 0.1) is 5.92 Å². The molecule has 0 heterocycles. The van der Waals surface area contributed by atoms with Crippen LogP contribution in [0, 0.1) is 17.8 Å². The molecular formula is C10H16O2. The molecule has 0 aliphatic heterocycles. The average molecular weight is 168 g/mol. The van der Waals surface area contributed by atoms with E-state index in [4.69, 9.17) is 5.11 Å². The van der Waals surface area contributed by atoms with Crippen LogP contribution >= 0.6 is 0 Å². The van der Waals surface area contributed by atoms with Gasteiger partial charge in [0.1, 0.15) is 0 Å². The minimum absolute atomic E-state index is 0.00810. The fraction of sp³-hybridized carbons (Fsp3) is 0.900.